The molecule has 0 heterocycles. The summed E-state index contributed by atoms with van der Waals surface area (Å²) in [5.74, 6) is 0.384. The monoisotopic (exact) mass is 353 g/mol. The van der Waals surface area contributed by atoms with Crippen molar-refractivity contribution in [2.24, 2.45) is 17.6 Å². The first-order valence-corrected chi connectivity index (χ1v) is 8.90. The summed E-state index contributed by atoms with van der Waals surface area (Å²) in [5.41, 5.74) is 7.86. The Morgan fingerprint density at radius 1 is 0.923 bits per heavy atom. The van der Waals surface area contributed by atoms with Crippen LogP contribution in [0, 0.1) is 11.8 Å². The summed E-state index contributed by atoms with van der Waals surface area (Å²) < 4.78 is 0. The predicted octanol–water partition coefficient (Wildman–Crippen LogP) is 3.10. The Morgan fingerprint density at radius 2 is 1.58 bits per heavy atom. The van der Waals surface area contributed by atoms with Gasteiger partial charge in [0, 0.05) is 18.7 Å². The molecule has 3 amide bonds. The molecule has 0 saturated carbocycles. The molecule has 5 nitrogen and oxygen atoms in total. The maximum atomic E-state index is 12.1. The molecule has 138 valence electrons. The molecule has 0 fully saturated rings. The van der Waals surface area contributed by atoms with Gasteiger partial charge in [0.1, 0.15) is 0 Å². The minimum Gasteiger partial charge on any atom is -0.366 e. The number of amides is 3. The Morgan fingerprint density at radius 3 is 2.15 bits per heavy atom. The summed E-state index contributed by atoms with van der Waals surface area (Å²) in [6.45, 7) is 5.37. The van der Waals surface area contributed by atoms with E-state index in [4.69, 9.17) is 5.73 Å². The molecular weight excluding hydrogens is 326 g/mol. The van der Waals surface area contributed by atoms with Crippen LogP contribution in [-0.2, 0) is 13.0 Å². The highest BCUT2D eigenvalue weighted by Crippen LogP contribution is 2.16. The first kappa shape index (κ1) is 19.5. The second-order valence-corrected chi connectivity index (χ2v) is 6.82. The molecule has 0 unspecified atom stereocenters. The summed E-state index contributed by atoms with van der Waals surface area (Å²) in [6.07, 6.45) is 0.938. The van der Waals surface area contributed by atoms with Gasteiger partial charge in [0.05, 0.1) is 0 Å². The van der Waals surface area contributed by atoms with E-state index in [1.54, 1.807) is 24.3 Å². The van der Waals surface area contributed by atoms with Gasteiger partial charge in [0.25, 0.3) is 0 Å². The highest BCUT2D eigenvalue weighted by Gasteiger charge is 2.15. The zero-order chi connectivity index (χ0) is 18.9. The van der Waals surface area contributed by atoms with Crippen molar-refractivity contribution < 1.29 is 9.59 Å². The van der Waals surface area contributed by atoms with E-state index >= 15 is 0 Å². The Kier molecular flexibility index (Phi) is 7.21. The average Bonchev–Trinajstić information content (AvgIpc) is 2.64. The van der Waals surface area contributed by atoms with Crippen molar-refractivity contribution in [3.05, 3.63) is 71.3 Å². The maximum Gasteiger partial charge on any atom is 0.315 e. The van der Waals surface area contributed by atoms with Crippen LogP contribution < -0.4 is 16.4 Å². The van der Waals surface area contributed by atoms with Crippen molar-refractivity contribution in [3.63, 3.8) is 0 Å². The van der Waals surface area contributed by atoms with Crippen LogP contribution in [0.1, 0.15) is 35.3 Å². The Hall–Kier alpha value is -2.82. The van der Waals surface area contributed by atoms with E-state index < -0.39 is 5.91 Å². The molecule has 0 saturated heterocycles. The largest absolute Gasteiger partial charge is 0.366 e. The summed E-state index contributed by atoms with van der Waals surface area (Å²) in [7, 11) is 0. The Bertz CT molecular complexity index is 712. The molecule has 0 aromatic heterocycles. The maximum absolute atomic E-state index is 12.1. The van der Waals surface area contributed by atoms with Crippen LogP contribution in [-0.4, -0.2) is 18.5 Å². The van der Waals surface area contributed by atoms with Crippen LogP contribution in [0.15, 0.2) is 54.6 Å². The van der Waals surface area contributed by atoms with Gasteiger partial charge in [-0.05, 0) is 41.5 Å². The second-order valence-electron chi connectivity index (χ2n) is 6.82. The lowest BCUT2D eigenvalue weighted by atomic mass is 9.89. The van der Waals surface area contributed by atoms with Crippen molar-refractivity contribution >= 4 is 11.9 Å². The van der Waals surface area contributed by atoms with Gasteiger partial charge in [0.2, 0.25) is 5.91 Å². The zero-order valence-corrected chi connectivity index (χ0v) is 15.4. The fraction of sp³-hybridized carbons (Fsp3) is 0.333. The lowest BCUT2D eigenvalue weighted by Crippen LogP contribution is -2.39. The van der Waals surface area contributed by atoms with Crippen LogP contribution >= 0.6 is 0 Å². The fourth-order valence-corrected chi connectivity index (χ4v) is 2.72. The molecule has 1 atom stereocenters. The summed E-state index contributed by atoms with van der Waals surface area (Å²) in [6, 6.07) is 17.0. The molecule has 0 aliphatic heterocycles. The van der Waals surface area contributed by atoms with Crippen LogP contribution in [0.25, 0.3) is 0 Å². The molecule has 0 spiro atoms. The third-order valence-corrected chi connectivity index (χ3v) is 4.50. The fourth-order valence-electron chi connectivity index (χ4n) is 2.72. The number of rotatable bonds is 8. The van der Waals surface area contributed by atoms with Gasteiger partial charge in [-0.1, -0.05) is 56.3 Å². The van der Waals surface area contributed by atoms with E-state index in [2.05, 4.69) is 36.6 Å². The number of hydrogen-bond donors (Lipinski definition) is 3. The van der Waals surface area contributed by atoms with E-state index in [9.17, 15) is 9.59 Å². The lowest BCUT2D eigenvalue weighted by molar-refractivity contribution is 0.1000. The summed E-state index contributed by atoms with van der Waals surface area (Å²) in [5, 5.41) is 5.80. The van der Waals surface area contributed by atoms with Gasteiger partial charge in [-0.25, -0.2) is 4.79 Å². The molecule has 2 rings (SSSR count). The van der Waals surface area contributed by atoms with E-state index in [-0.39, 0.29) is 6.03 Å². The van der Waals surface area contributed by atoms with Crippen LogP contribution in [0.4, 0.5) is 4.79 Å². The molecule has 0 aliphatic carbocycles. The number of nitrogens with one attached hydrogen (secondary N) is 2. The van der Waals surface area contributed by atoms with Crippen LogP contribution in [0.3, 0.4) is 0 Å². The standard InChI is InChI=1S/C21H27N3O2/c1-15(2)19(12-16-6-4-3-5-7-16)14-24-21(26)23-13-17-8-10-18(11-9-17)20(22)25/h3-11,15,19H,12-14H2,1-2H3,(H2,22,25)(H2,23,24,26)/t19-/m0/s1. The minimum atomic E-state index is -0.458. The van der Waals surface area contributed by atoms with Crippen LogP contribution in [0.5, 0.6) is 0 Å². The average molecular weight is 353 g/mol. The highest BCUT2D eigenvalue weighted by atomic mass is 16.2. The third kappa shape index (κ3) is 6.24. The van der Waals surface area contributed by atoms with Crippen molar-refractivity contribution in [2.75, 3.05) is 6.54 Å². The first-order valence-electron chi connectivity index (χ1n) is 8.90. The zero-order valence-electron chi connectivity index (χ0n) is 15.4. The number of benzene rings is 2. The quantitative estimate of drug-likeness (QED) is 0.681. The van der Waals surface area contributed by atoms with Crippen LogP contribution in [0.2, 0.25) is 0 Å². The van der Waals surface area contributed by atoms with Gasteiger partial charge in [-0.15, -0.1) is 0 Å². The lowest BCUT2D eigenvalue weighted by Gasteiger charge is -2.21. The number of nitrogens with two attached hydrogens (primary N) is 1. The highest BCUT2D eigenvalue weighted by molar-refractivity contribution is 5.92. The SMILES string of the molecule is CC(C)[C@H](CNC(=O)NCc1ccc(C(N)=O)cc1)Cc1ccccc1. The van der Waals surface area contributed by atoms with Gasteiger partial charge in [-0.2, -0.15) is 0 Å². The van der Waals surface area contributed by atoms with E-state index in [1.807, 2.05) is 18.2 Å². The van der Waals surface area contributed by atoms with Gasteiger partial charge in [-0.3, -0.25) is 4.79 Å². The van der Waals surface area contributed by atoms with Crippen molar-refractivity contribution in [1.82, 2.24) is 10.6 Å². The minimum absolute atomic E-state index is 0.192. The topological polar surface area (TPSA) is 84.2 Å². The number of primary amides is 1. The molecule has 0 aliphatic rings. The van der Waals surface area contributed by atoms with Gasteiger partial charge < -0.3 is 16.4 Å². The molecule has 5 heteroatoms. The van der Waals surface area contributed by atoms with Gasteiger partial charge in [0.15, 0.2) is 0 Å². The smallest absolute Gasteiger partial charge is 0.315 e. The Labute approximate surface area is 155 Å². The molecule has 0 radical (unpaired) electrons. The summed E-state index contributed by atoms with van der Waals surface area (Å²) >= 11 is 0. The summed E-state index contributed by atoms with van der Waals surface area (Å²) in [4.78, 5) is 23.1. The normalized spacial score (nSPS) is 11.8. The van der Waals surface area contributed by atoms with E-state index in [0.29, 0.717) is 30.5 Å². The van der Waals surface area contributed by atoms with E-state index in [1.165, 1.54) is 5.56 Å². The van der Waals surface area contributed by atoms with Crippen molar-refractivity contribution in [2.45, 2.75) is 26.8 Å². The molecular formula is C21H27N3O2. The number of urea groups is 1. The third-order valence-electron chi connectivity index (χ3n) is 4.50. The molecule has 2 aromatic rings. The molecule has 26 heavy (non-hydrogen) atoms. The predicted molar refractivity (Wildman–Crippen MR) is 104 cm³/mol. The number of carbonyl (C=O) groups excluding carboxylic acids is 2. The molecule has 4 N–H and O–H groups in total. The van der Waals surface area contributed by atoms with Crippen molar-refractivity contribution in [1.29, 1.82) is 0 Å². The van der Waals surface area contributed by atoms with Gasteiger partial charge >= 0.3 is 6.03 Å². The first-order chi connectivity index (χ1) is 12.5. The second kappa shape index (κ2) is 9.61. The molecule has 0 bridgehead atoms. The number of hydrogen-bond acceptors (Lipinski definition) is 2. The Balaban J connectivity index is 1.79. The molecule has 2 aromatic carbocycles. The van der Waals surface area contributed by atoms with Crippen molar-refractivity contribution in [3.8, 4) is 0 Å². The van der Waals surface area contributed by atoms with E-state index in [0.717, 1.165) is 12.0 Å². The number of carbonyl (C=O) groups is 2.